The predicted octanol–water partition coefficient (Wildman–Crippen LogP) is 3.63. The van der Waals surface area contributed by atoms with E-state index in [4.69, 9.17) is 23.2 Å². The molecule has 34 heavy (non-hydrogen) atoms. The van der Waals surface area contributed by atoms with Gasteiger partial charge in [-0.25, -0.2) is 0 Å². The van der Waals surface area contributed by atoms with Crippen LogP contribution >= 0.6 is 23.2 Å². The molecule has 1 aromatic heterocycles. The molecular formula is C24H26Cl2N4O4. The number of carbonyl (C=O) groups excluding carboxylic acids is 2. The van der Waals surface area contributed by atoms with E-state index < -0.39 is 5.97 Å². The van der Waals surface area contributed by atoms with Gasteiger partial charge in [0.1, 0.15) is 0 Å². The number of hydrogen-bond donors (Lipinski definition) is 1. The second-order valence-corrected chi connectivity index (χ2v) is 10.3. The molecule has 1 N–H and O–H groups in total. The Morgan fingerprint density at radius 2 is 1.68 bits per heavy atom. The van der Waals surface area contributed by atoms with E-state index in [2.05, 4.69) is 5.10 Å². The number of piperidine rings is 1. The maximum atomic E-state index is 13.3. The lowest BCUT2D eigenvalue weighted by atomic mass is 9.90. The molecule has 0 radical (unpaired) electrons. The number of fused-ring (bicyclic) bond motifs is 3. The molecule has 2 unspecified atom stereocenters. The SMILES string of the molecule is O=C(O)C1CC2CCC(C1)N2C(=O)c1cc2n(n1)CCN(C(=O)CCc1cc(Cl)cc(Cl)c1)C2. The van der Waals surface area contributed by atoms with E-state index in [-0.39, 0.29) is 29.8 Å². The van der Waals surface area contributed by atoms with Crippen molar-refractivity contribution >= 4 is 41.0 Å². The van der Waals surface area contributed by atoms with Crippen LogP contribution in [0.4, 0.5) is 0 Å². The number of amides is 2. The van der Waals surface area contributed by atoms with Gasteiger partial charge in [0.05, 0.1) is 24.7 Å². The van der Waals surface area contributed by atoms with Crippen molar-refractivity contribution in [1.82, 2.24) is 19.6 Å². The number of aliphatic carboxylic acids is 1. The number of rotatable bonds is 5. The average molecular weight is 505 g/mol. The van der Waals surface area contributed by atoms with Crippen LogP contribution in [0.2, 0.25) is 10.0 Å². The van der Waals surface area contributed by atoms with E-state index in [1.54, 1.807) is 21.7 Å². The molecule has 180 valence electrons. The van der Waals surface area contributed by atoms with E-state index in [0.29, 0.717) is 61.1 Å². The van der Waals surface area contributed by atoms with Crippen molar-refractivity contribution in [1.29, 1.82) is 0 Å². The van der Waals surface area contributed by atoms with Gasteiger partial charge in [-0.2, -0.15) is 5.10 Å². The monoisotopic (exact) mass is 504 g/mol. The van der Waals surface area contributed by atoms with Gasteiger partial charge in [0.25, 0.3) is 5.91 Å². The van der Waals surface area contributed by atoms with Crippen molar-refractivity contribution in [3.8, 4) is 0 Å². The van der Waals surface area contributed by atoms with Gasteiger partial charge in [-0.05, 0) is 61.9 Å². The van der Waals surface area contributed by atoms with E-state index in [1.807, 2.05) is 17.0 Å². The zero-order chi connectivity index (χ0) is 24.0. The third-order valence-electron chi connectivity index (χ3n) is 7.24. The summed E-state index contributed by atoms with van der Waals surface area (Å²) in [7, 11) is 0. The van der Waals surface area contributed by atoms with Crippen LogP contribution in [0.15, 0.2) is 24.3 Å². The lowest BCUT2D eigenvalue weighted by Gasteiger charge is -2.37. The van der Waals surface area contributed by atoms with Crippen LogP contribution < -0.4 is 0 Å². The van der Waals surface area contributed by atoms with E-state index in [0.717, 1.165) is 24.1 Å². The molecule has 2 fully saturated rings. The minimum atomic E-state index is -0.773. The van der Waals surface area contributed by atoms with E-state index in [1.165, 1.54) is 0 Å². The molecule has 10 heteroatoms. The summed E-state index contributed by atoms with van der Waals surface area (Å²) in [5.74, 6) is -1.25. The van der Waals surface area contributed by atoms with Crippen LogP contribution in [-0.4, -0.2) is 61.1 Å². The highest BCUT2D eigenvalue weighted by Gasteiger charge is 2.46. The number of aromatic nitrogens is 2. The van der Waals surface area contributed by atoms with Crippen molar-refractivity contribution in [3.63, 3.8) is 0 Å². The summed E-state index contributed by atoms with van der Waals surface area (Å²) in [6.45, 7) is 1.47. The van der Waals surface area contributed by atoms with E-state index in [9.17, 15) is 19.5 Å². The van der Waals surface area contributed by atoms with Crippen LogP contribution in [0, 0.1) is 5.92 Å². The van der Waals surface area contributed by atoms with Gasteiger partial charge in [-0.3, -0.25) is 19.1 Å². The van der Waals surface area contributed by atoms with Gasteiger partial charge in [0, 0.05) is 35.1 Å². The van der Waals surface area contributed by atoms with Gasteiger partial charge in [-0.15, -0.1) is 0 Å². The Balaban J connectivity index is 1.22. The third-order valence-corrected chi connectivity index (χ3v) is 7.67. The van der Waals surface area contributed by atoms with Crippen molar-refractivity contribution < 1.29 is 19.5 Å². The van der Waals surface area contributed by atoms with Crippen LogP contribution in [0.5, 0.6) is 0 Å². The zero-order valence-electron chi connectivity index (χ0n) is 18.6. The first kappa shape index (κ1) is 23.2. The second-order valence-electron chi connectivity index (χ2n) is 9.44. The number of carboxylic acids is 1. The number of aryl methyl sites for hydroxylation is 1. The van der Waals surface area contributed by atoms with Crippen molar-refractivity contribution in [2.24, 2.45) is 5.92 Å². The first-order valence-corrected chi connectivity index (χ1v) is 12.4. The minimum Gasteiger partial charge on any atom is -0.481 e. The molecule has 0 spiro atoms. The lowest BCUT2D eigenvalue weighted by molar-refractivity contribution is -0.144. The topological polar surface area (TPSA) is 95.7 Å². The Labute approximate surface area is 207 Å². The quantitative estimate of drug-likeness (QED) is 0.670. The van der Waals surface area contributed by atoms with Crippen molar-refractivity contribution in [3.05, 3.63) is 51.3 Å². The fourth-order valence-corrected chi connectivity index (χ4v) is 6.16. The number of halogens is 2. The standard InChI is InChI=1S/C24H26Cl2N4O4/c25-16-7-14(8-17(26)11-16)1-4-22(31)28-5-6-29-20(13-28)12-21(27-29)23(32)30-18-2-3-19(30)10-15(9-18)24(33)34/h7-8,11-12,15,18-19H,1-6,9-10,13H2,(H,33,34). The molecule has 3 aliphatic heterocycles. The number of nitrogens with zero attached hydrogens (tertiary/aromatic N) is 4. The van der Waals surface area contributed by atoms with Crippen molar-refractivity contribution in [2.45, 2.75) is 63.7 Å². The first-order valence-electron chi connectivity index (χ1n) is 11.6. The largest absolute Gasteiger partial charge is 0.481 e. The van der Waals surface area contributed by atoms with Gasteiger partial charge >= 0.3 is 5.97 Å². The van der Waals surface area contributed by atoms with Gasteiger partial charge in [-0.1, -0.05) is 23.2 Å². The number of benzene rings is 1. The first-order chi connectivity index (χ1) is 16.3. The van der Waals surface area contributed by atoms with Gasteiger partial charge in [0.15, 0.2) is 5.69 Å². The van der Waals surface area contributed by atoms with Gasteiger partial charge in [0.2, 0.25) is 5.91 Å². The smallest absolute Gasteiger partial charge is 0.306 e. The lowest BCUT2D eigenvalue weighted by Crippen LogP contribution is -2.48. The van der Waals surface area contributed by atoms with Crippen LogP contribution in [0.25, 0.3) is 0 Å². The maximum Gasteiger partial charge on any atom is 0.306 e. The molecule has 0 aliphatic carbocycles. The predicted molar refractivity (Wildman–Crippen MR) is 126 cm³/mol. The molecule has 0 saturated carbocycles. The van der Waals surface area contributed by atoms with Crippen LogP contribution in [-0.2, 0) is 29.1 Å². The molecule has 5 rings (SSSR count). The fraction of sp³-hybridized carbons (Fsp3) is 0.500. The molecule has 2 amide bonds. The highest BCUT2D eigenvalue weighted by atomic mass is 35.5. The molecule has 8 nitrogen and oxygen atoms in total. The summed E-state index contributed by atoms with van der Waals surface area (Å²) >= 11 is 12.1. The molecule has 2 saturated heterocycles. The Morgan fingerprint density at radius 1 is 1.00 bits per heavy atom. The number of carboxylic acid groups (broad SMARTS) is 1. The van der Waals surface area contributed by atoms with Gasteiger partial charge < -0.3 is 14.9 Å². The summed E-state index contributed by atoms with van der Waals surface area (Å²) in [6.07, 6.45) is 3.59. The normalized spacial score (nSPS) is 23.6. The summed E-state index contributed by atoms with van der Waals surface area (Å²) in [5.41, 5.74) is 2.13. The number of carbonyl (C=O) groups is 3. The number of hydrogen-bond acceptors (Lipinski definition) is 4. The Hall–Kier alpha value is -2.58. The third kappa shape index (κ3) is 4.53. The van der Waals surface area contributed by atoms with Crippen LogP contribution in [0.1, 0.15) is 53.8 Å². The summed E-state index contributed by atoms with van der Waals surface area (Å²) < 4.78 is 1.81. The summed E-state index contributed by atoms with van der Waals surface area (Å²) in [4.78, 5) is 41.2. The molecule has 2 aromatic rings. The maximum absolute atomic E-state index is 13.3. The second kappa shape index (κ2) is 9.23. The molecule has 2 atom stereocenters. The Bertz CT molecular complexity index is 1120. The fourth-order valence-electron chi connectivity index (χ4n) is 5.59. The highest BCUT2D eigenvalue weighted by molar-refractivity contribution is 6.34. The Kier molecular flexibility index (Phi) is 6.29. The molecule has 4 heterocycles. The summed E-state index contributed by atoms with van der Waals surface area (Å²) in [6, 6.07) is 7.00. The molecule has 3 aliphatic rings. The molecule has 2 bridgehead atoms. The highest BCUT2D eigenvalue weighted by Crippen LogP contribution is 2.39. The van der Waals surface area contributed by atoms with Crippen LogP contribution in [0.3, 0.4) is 0 Å². The molecule has 1 aromatic carbocycles. The minimum absolute atomic E-state index is 0.0326. The average Bonchev–Trinajstić information content (AvgIpc) is 3.33. The van der Waals surface area contributed by atoms with E-state index >= 15 is 0 Å². The summed E-state index contributed by atoms with van der Waals surface area (Å²) in [5, 5.41) is 15.0. The Morgan fingerprint density at radius 3 is 2.32 bits per heavy atom. The zero-order valence-corrected chi connectivity index (χ0v) is 20.1. The van der Waals surface area contributed by atoms with Crippen molar-refractivity contribution in [2.75, 3.05) is 6.54 Å². The molecular weight excluding hydrogens is 479 g/mol.